The summed E-state index contributed by atoms with van der Waals surface area (Å²) < 4.78 is 5.22. The lowest BCUT2D eigenvalue weighted by Gasteiger charge is -2.15. The van der Waals surface area contributed by atoms with E-state index in [-0.39, 0.29) is 41.6 Å². The third-order valence-corrected chi connectivity index (χ3v) is 3.84. The zero-order valence-corrected chi connectivity index (χ0v) is 14.6. The SMILES string of the molecule is CCC(=O)[C@@H](Cc1ccc(O)c(O)c1)OC(=O)C=Cc1ccc(O)c(O)c1. The maximum absolute atomic E-state index is 12.1. The van der Waals surface area contributed by atoms with Crippen LogP contribution in [-0.2, 0) is 20.7 Å². The van der Waals surface area contributed by atoms with Gasteiger partial charge >= 0.3 is 5.97 Å². The van der Waals surface area contributed by atoms with E-state index in [9.17, 15) is 30.0 Å². The number of ether oxygens (including phenoxy) is 1. The van der Waals surface area contributed by atoms with Crippen LogP contribution in [0.1, 0.15) is 24.5 Å². The fourth-order valence-electron chi connectivity index (χ4n) is 2.35. The largest absolute Gasteiger partial charge is 0.504 e. The molecule has 2 rings (SSSR count). The molecule has 0 bridgehead atoms. The number of phenols is 4. The minimum atomic E-state index is -1.04. The number of hydrogen-bond donors (Lipinski definition) is 4. The lowest BCUT2D eigenvalue weighted by atomic mass is 10.0. The summed E-state index contributed by atoms with van der Waals surface area (Å²) in [5.41, 5.74) is 0.987. The molecule has 0 radical (unpaired) electrons. The summed E-state index contributed by atoms with van der Waals surface area (Å²) in [5.74, 6) is -2.25. The topological polar surface area (TPSA) is 124 Å². The smallest absolute Gasteiger partial charge is 0.331 e. The first-order valence-corrected chi connectivity index (χ1v) is 8.24. The second-order valence-corrected chi connectivity index (χ2v) is 5.85. The highest BCUT2D eigenvalue weighted by molar-refractivity contribution is 5.91. The second kappa shape index (κ2) is 8.75. The number of ketones is 1. The van der Waals surface area contributed by atoms with Crippen molar-refractivity contribution in [2.45, 2.75) is 25.9 Å². The average molecular weight is 372 g/mol. The van der Waals surface area contributed by atoms with Gasteiger partial charge in [-0.15, -0.1) is 0 Å². The highest BCUT2D eigenvalue weighted by Crippen LogP contribution is 2.26. The molecule has 2 aromatic carbocycles. The van der Waals surface area contributed by atoms with Gasteiger partial charge in [0.05, 0.1) is 0 Å². The number of hydrogen-bond acceptors (Lipinski definition) is 7. The molecule has 27 heavy (non-hydrogen) atoms. The molecular formula is C20H20O7. The summed E-state index contributed by atoms with van der Waals surface area (Å²) in [5, 5.41) is 37.6. The molecule has 142 valence electrons. The molecule has 0 saturated carbocycles. The maximum Gasteiger partial charge on any atom is 0.331 e. The first-order chi connectivity index (χ1) is 12.8. The van der Waals surface area contributed by atoms with Crippen LogP contribution >= 0.6 is 0 Å². The third kappa shape index (κ3) is 5.50. The van der Waals surface area contributed by atoms with E-state index in [4.69, 9.17) is 4.74 Å². The third-order valence-electron chi connectivity index (χ3n) is 3.84. The molecule has 4 N–H and O–H groups in total. The van der Waals surface area contributed by atoms with Crippen LogP contribution < -0.4 is 0 Å². The summed E-state index contributed by atoms with van der Waals surface area (Å²) in [7, 11) is 0. The average Bonchev–Trinajstić information content (AvgIpc) is 2.64. The van der Waals surface area contributed by atoms with E-state index in [1.54, 1.807) is 6.92 Å². The van der Waals surface area contributed by atoms with Gasteiger partial charge in [0.25, 0.3) is 0 Å². The molecular weight excluding hydrogens is 352 g/mol. The Morgan fingerprint density at radius 2 is 1.59 bits per heavy atom. The van der Waals surface area contributed by atoms with Crippen LogP contribution in [-0.4, -0.2) is 38.3 Å². The van der Waals surface area contributed by atoms with E-state index in [0.29, 0.717) is 11.1 Å². The molecule has 0 spiro atoms. The molecule has 0 aliphatic rings. The quantitative estimate of drug-likeness (QED) is 0.334. The highest BCUT2D eigenvalue weighted by atomic mass is 16.5. The lowest BCUT2D eigenvalue weighted by molar-refractivity contribution is -0.150. The fraction of sp³-hybridized carbons (Fsp3) is 0.200. The van der Waals surface area contributed by atoms with Gasteiger partial charge in [-0.3, -0.25) is 4.79 Å². The van der Waals surface area contributed by atoms with Crippen LogP contribution in [0.25, 0.3) is 6.08 Å². The Morgan fingerprint density at radius 1 is 0.963 bits per heavy atom. The van der Waals surface area contributed by atoms with Gasteiger partial charge in [-0.25, -0.2) is 4.79 Å². The van der Waals surface area contributed by atoms with Gasteiger partial charge in [0.2, 0.25) is 0 Å². The predicted octanol–water partition coefficient (Wildman–Crippen LogP) is 2.66. The Bertz CT molecular complexity index is 871. The molecule has 0 aliphatic carbocycles. The Balaban J connectivity index is 2.09. The molecule has 0 unspecified atom stereocenters. The Morgan fingerprint density at radius 3 is 2.19 bits per heavy atom. The summed E-state index contributed by atoms with van der Waals surface area (Å²) >= 11 is 0. The van der Waals surface area contributed by atoms with E-state index in [1.165, 1.54) is 42.5 Å². The summed E-state index contributed by atoms with van der Waals surface area (Å²) in [6, 6.07) is 8.15. The van der Waals surface area contributed by atoms with Gasteiger partial charge in [-0.2, -0.15) is 0 Å². The molecule has 0 aliphatic heterocycles. The lowest BCUT2D eigenvalue weighted by Crippen LogP contribution is -2.28. The standard InChI is InChI=1S/C20H20O7/c1-2-14(21)19(11-13-4-7-16(23)18(25)10-13)27-20(26)8-5-12-3-6-15(22)17(24)9-12/h3-10,19,22-25H,2,11H2,1H3/t19-/m1/s1. The van der Waals surface area contributed by atoms with Crippen molar-refractivity contribution in [3.8, 4) is 23.0 Å². The number of carbonyl (C=O) groups is 2. The Hall–Kier alpha value is -3.48. The first-order valence-electron chi connectivity index (χ1n) is 8.24. The monoisotopic (exact) mass is 372 g/mol. The minimum Gasteiger partial charge on any atom is -0.504 e. The number of benzene rings is 2. The van der Waals surface area contributed by atoms with Crippen LogP contribution in [0.2, 0.25) is 0 Å². The van der Waals surface area contributed by atoms with Gasteiger partial charge in [0.1, 0.15) is 0 Å². The number of carbonyl (C=O) groups excluding carboxylic acids is 2. The normalized spacial score (nSPS) is 12.0. The van der Waals surface area contributed by atoms with E-state index >= 15 is 0 Å². The zero-order chi connectivity index (χ0) is 20.0. The molecule has 0 amide bonds. The predicted molar refractivity (Wildman–Crippen MR) is 97.5 cm³/mol. The van der Waals surface area contributed by atoms with Crippen LogP contribution in [0.4, 0.5) is 0 Å². The van der Waals surface area contributed by atoms with Crippen molar-refractivity contribution in [2.75, 3.05) is 0 Å². The second-order valence-electron chi connectivity index (χ2n) is 5.85. The van der Waals surface area contributed by atoms with Crippen LogP contribution in [0, 0.1) is 0 Å². The van der Waals surface area contributed by atoms with Crippen molar-refractivity contribution in [3.05, 3.63) is 53.6 Å². The summed E-state index contributed by atoms with van der Waals surface area (Å²) in [6.07, 6.45) is 1.67. The maximum atomic E-state index is 12.1. The van der Waals surface area contributed by atoms with E-state index in [2.05, 4.69) is 0 Å². The number of esters is 1. The summed E-state index contributed by atoms with van der Waals surface area (Å²) in [6.45, 7) is 1.65. The van der Waals surface area contributed by atoms with Crippen molar-refractivity contribution >= 4 is 17.8 Å². The molecule has 0 saturated heterocycles. The van der Waals surface area contributed by atoms with Crippen molar-refractivity contribution in [1.82, 2.24) is 0 Å². The van der Waals surface area contributed by atoms with E-state index in [0.717, 1.165) is 6.08 Å². The summed E-state index contributed by atoms with van der Waals surface area (Å²) in [4.78, 5) is 24.1. The zero-order valence-electron chi connectivity index (χ0n) is 14.6. The Labute approximate surface area is 155 Å². The highest BCUT2D eigenvalue weighted by Gasteiger charge is 2.21. The molecule has 0 aromatic heterocycles. The van der Waals surface area contributed by atoms with Crippen molar-refractivity contribution in [1.29, 1.82) is 0 Å². The van der Waals surface area contributed by atoms with Crippen molar-refractivity contribution in [3.63, 3.8) is 0 Å². The number of phenolic OH excluding ortho intramolecular Hbond substituents is 4. The number of rotatable bonds is 7. The molecule has 7 nitrogen and oxygen atoms in total. The van der Waals surface area contributed by atoms with Gasteiger partial charge in [0.15, 0.2) is 34.9 Å². The van der Waals surface area contributed by atoms with Gasteiger partial charge < -0.3 is 25.2 Å². The molecule has 0 heterocycles. The van der Waals surface area contributed by atoms with E-state index in [1.807, 2.05) is 0 Å². The number of aromatic hydroxyl groups is 4. The molecule has 1 atom stereocenters. The van der Waals surface area contributed by atoms with Gasteiger partial charge in [-0.1, -0.05) is 19.1 Å². The molecule has 2 aromatic rings. The van der Waals surface area contributed by atoms with Gasteiger partial charge in [0, 0.05) is 18.9 Å². The van der Waals surface area contributed by atoms with Gasteiger partial charge in [-0.05, 0) is 41.5 Å². The molecule has 7 heteroatoms. The van der Waals surface area contributed by atoms with E-state index < -0.39 is 12.1 Å². The Kier molecular flexibility index (Phi) is 6.43. The van der Waals surface area contributed by atoms with Crippen LogP contribution in [0.3, 0.4) is 0 Å². The van der Waals surface area contributed by atoms with Crippen LogP contribution in [0.5, 0.6) is 23.0 Å². The van der Waals surface area contributed by atoms with Crippen LogP contribution in [0.15, 0.2) is 42.5 Å². The minimum absolute atomic E-state index is 0.0556. The number of Topliss-reactive ketones (excluding diaryl/α,β-unsaturated/α-hetero) is 1. The van der Waals surface area contributed by atoms with Crippen molar-refractivity contribution < 1.29 is 34.8 Å². The fourth-order valence-corrected chi connectivity index (χ4v) is 2.35. The molecule has 0 fully saturated rings. The van der Waals surface area contributed by atoms with Crippen molar-refractivity contribution in [2.24, 2.45) is 0 Å². The first kappa shape index (κ1) is 19.8.